The van der Waals surface area contributed by atoms with Crippen molar-refractivity contribution in [1.29, 1.82) is 0 Å². The minimum absolute atomic E-state index is 0.0890. The average molecular weight is 327 g/mol. The quantitative estimate of drug-likeness (QED) is 0.918. The Hall–Kier alpha value is -2.47. The maximum atomic E-state index is 12.1. The standard InChI is InChI=1S/C18H21N3O3/c1-12-9-18(23)21(20-13(12)2)11-17(22)19-10-16-15-6-4-3-5-14(15)7-8-24-16/h3-6,9,16H,7-8,10-11H2,1-2H3,(H,19,22)/t16-/m1/s1. The fourth-order valence-electron chi connectivity index (χ4n) is 2.83. The second-order valence-electron chi connectivity index (χ2n) is 6.02. The van der Waals surface area contributed by atoms with Crippen LogP contribution in [0.4, 0.5) is 0 Å². The van der Waals surface area contributed by atoms with Crippen LogP contribution in [-0.2, 0) is 22.5 Å². The van der Waals surface area contributed by atoms with Gasteiger partial charge in [0.15, 0.2) is 0 Å². The van der Waals surface area contributed by atoms with Crippen molar-refractivity contribution in [3.63, 3.8) is 0 Å². The molecule has 6 heteroatoms. The fraction of sp³-hybridized carbons (Fsp3) is 0.389. The predicted octanol–water partition coefficient (Wildman–Crippen LogP) is 1.29. The van der Waals surface area contributed by atoms with Crippen molar-refractivity contribution < 1.29 is 9.53 Å². The molecule has 0 spiro atoms. The number of carbonyl (C=O) groups is 1. The molecule has 1 atom stereocenters. The maximum Gasteiger partial charge on any atom is 0.267 e. The van der Waals surface area contributed by atoms with E-state index in [1.165, 1.54) is 16.3 Å². The molecule has 1 aromatic heterocycles. The van der Waals surface area contributed by atoms with E-state index >= 15 is 0 Å². The van der Waals surface area contributed by atoms with Crippen LogP contribution >= 0.6 is 0 Å². The Morgan fingerprint density at radius 1 is 1.38 bits per heavy atom. The molecule has 6 nitrogen and oxygen atoms in total. The minimum atomic E-state index is -0.271. The van der Waals surface area contributed by atoms with Gasteiger partial charge in [0.1, 0.15) is 12.6 Å². The van der Waals surface area contributed by atoms with Gasteiger partial charge in [-0.25, -0.2) is 4.68 Å². The lowest BCUT2D eigenvalue weighted by Crippen LogP contribution is -2.37. The first-order chi connectivity index (χ1) is 11.5. The van der Waals surface area contributed by atoms with Crippen molar-refractivity contribution in [1.82, 2.24) is 15.1 Å². The molecular weight excluding hydrogens is 306 g/mol. The summed E-state index contributed by atoms with van der Waals surface area (Å²) >= 11 is 0. The lowest BCUT2D eigenvalue weighted by molar-refractivity contribution is -0.122. The number of aryl methyl sites for hydroxylation is 2. The van der Waals surface area contributed by atoms with E-state index in [2.05, 4.69) is 16.5 Å². The summed E-state index contributed by atoms with van der Waals surface area (Å²) in [5.41, 5.74) is 3.67. The molecule has 0 saturated carbocycles. The number of nitrogens with zero attached hydrogens (tertiary/aromatic N) is 2. The Kier molecular flexibility index (Phi) is 4.76. The highest BCUT2D eigenvalue weighted by molar-refractivity contribution is 5.75. The first-order valence-corrected chi connectivity index (χ1v) is 8.06. The smallest absolute Gasteiger partial charge is 0.267 e. The summed E-state index contributed by atoms with van der Waals surface area (Å²) < 4.78 is 6.95. The highest BCUT2D eigenvalue weighted by Gasteiger charge is 2.21. The van der Waals surface area contributed by atoms with Gasteiger partial charge in [-0.05, 0) is 37.0 Å². The lowest BCUT2D eigenvalue weighted by Gasteiger charge is -2.26. The van der Waals surface area contributed by atoms with Crippen LogP contribution in [0.2, 0.25) is 0 Å². The Morgan fingerprint density at radius 2 is 2.17 bits per heavy atom. The van der Waals surface area contributed by atoms with E-state index in [0.29, 0.717) is 13.2 Å². The monoisotopic (exact) mass is 327 g/mol. The van der Waals surface area contributed by atoms with Crippen LogP contribution in [0.15, 0.2) is 35.1 Å². The van der Waals surface area contributed by atoms with Gasteiger partial charge in [0.2, 0.25) is 5.91 Å². The number of carbonyl (C=O) groups excluding carboxylic acids is 1. The lowest BCUT2D eigenvalue weighted by atomic mass is 9.97. The van der Waals surface area contributed by atoms with Gasteiger partial charge in [-0.2, -0.15) is 5.10 Å². The summed E-state index contributed by atoms with van der Waals surface area (Å²) in [6.45, 7) is 4.58. The zero-order chi connectivity index (χ0) is 17.1. The number of benzene rings is 1. The molecule has 0 unspecified atom stereocenters. The first kappa shape index (κ1) is 16.4. The molecule has 126 valence electrons. The Balaban J connectivity index is 1.63. The van der Waals surface area contributed by atoms with Gasteiger partial charge < -0.3 is 10.1 Å². The zero-order valence-electron chi connectivity index (χ0n) is 13.9. The molecular formula is C18H21N3O3. The van der Waals surface area contributed by atoms with Gasteiger partial charge in [-0.15, -0.1) is 0 Å². The van der Waals surface area contributed by atoms with Crippen LogP contribution in [0.25, 0.3) is 0 Å². The van der Waals surface area contributed by atoms with Gasteiger partial charge in [0, 0.05) is 12.6 Å². The third-order valence-corrected chi connectivity index (χ3v) is 4.31. The number of hydrogen-bond acceptors (Lipinski definition) is 4. The second kappa shape index (κ2) is 6.97. The normalized spacial score (nSPS) is 16.5. The van der Waals surface area contributed by atoms with Crippen LogP contribution in [0, 0.1) is 13.8 Å². The maximum absolute atomic E-state index is 12.1. The number of ether oxygens (including phenoxy) is 1. The van der Waals surface area contributed by atoms with Crippen LogP contribution in [-0.4, -0.2) is 28.8 Å². The van der Waals surface area contributed by atoms with Gasteiger partial charge in [-0.1, -0.05) is 24.3 Å². The fourth-order valence-corrected chi connectivity index (χ4v) is 2.83. The molecule has 0 saturated heterocycles. The Morgan fingerprint density at radius 3 is 3.00 bits per heavy atom. The van der Waals surface area contributed by atoms with Gasteiger partial charge in [0.05, 0.1) is 12.3 Å². The largest absolute Gasteiger partial charge is 0.371 e. The summed E-state index contributed by atoms with van der Waals surface area (Å²) in [6.07, 6.45) is 0.742. The van der Waals surface area contributed by atoms with Gasteiger partial charge in [0.25, 0.3) is 5.56 Å². The molecule has 0 bridgehead atoms. The molecule has 0 radical (unpaired) electrons. The highest BCUT2D eigenvalue weighted by Crippen LogP contribution is 2.26. The van der Waals surface area contributed by atoms with Crippen LogP contribution in [0.5, 0.6) is 0 Å². The van der Waals surface area contributed by atoms with E-state index < -0.39 is 0 Å². The average Bonchev–Trinajstić information content (AvgIpc) is 2.58. The van der Waals surface area contributed by atoms with E-state index in [0.717, 1.165) is 23.2 Å². The highest BCUT2D eigenvalue weighted by atomic mass is 16.5. The minimum Gasteiger partial charge on any atom is -0.371 e. The van der Waals surface area contributed by atoms with Crippen LogP contribution < -0.4 is 10.9 Å². The predicted molar refractivity (Wildman–Crippen MR) is 89.8 cm³/mol. The number of rotatable bonds is 4. The molecule has 2 aromatic rings. The van der Waals surface area contributed by atoms with Crippen molar-refractivity contribution in [3.05, 3.63) is 63.1 Å². The molecule has 0 aliphatic carbocycles. The molecule has 1 N–H and O–H groups in total. The van der Waals surface area contributed by atoms with E-state index in [9.17, 15) is 9.59 Å². The topological polar surface area (TPSA) is 73.2 Å². The summed E-state index contributed by atoms with van der Waals surface area (Å²) in [5.74, 6) is -0.250. The number of amides is 1. The second-order valence-corrected chi connectivity index (χ2v) is 6.02. The third-order valence-electron chi connectivity index (χ3n) is 4.31. The number of hydrogen-bond donors (Lipinski definition) is 1. The summed E-state index contributed by atoms with van der Waals surface area (Å²) in [5, 5.41) is 6.99. The van der Waals surface area contributed by atoms with Crippen LogP contribution in [0.3, 0.4) is 0 Å². The Labute approximate surface area is 140 Å². The van der Waals surface area contributed by atoms with Crippen molar-refractivity contribution in [3.8, 4) is 0 Å². The van der Waals surface area contributed by atoms with E-state index in [4.69, 9.17) is 4.74 Å². The molecule has 0 fully saturated rings. The SMILES string of the molecule is Cc1cc(=O)n(CC(=O)NC[C@H]2OCCc3ccccc32)nc1C. The molecule has 1 aliphatic rings. The van der Waals surface area contributed by atoms with E-state index in [-0.39, 0.29) is 24.1 Å². The molecule has 24 heavy (non-hydrogen) atoms. The van der Waals surface area contributed by atoms with Crippen molar-refractivity contribution >= 4 is 5.91 Å². The number of aromatic nitrogens is 2. The zero-order valence-corrected chi connectivity index (χ0v) is 13.9. The summed E-state index contributed by atoms with van der Waals surface area (Å²) in [7, 11) is 0. The number of nitrogens with one attached hydrogen (secondary N) is 1. The van der Waals surface area contributed by atoms with Crippen LogP contribution in [0.1, 0.15) is 28.5 Å². The first-order valence-electron chi connectivity index (χ1n) is 8.06. The molecule has 1 aromatic carbocycles. The van der Waals surface area contributed by atoms with E-state index in [1.54, 1.807) is 0 Å². The van der Waals surface area contributed by atoms with Crippen molar-refractivity contribution in [2.45, 2.75) is 32.9 Å². The third kappa shape index (κ3) is 3.54. The summed E-state index contributed by atoms with van der Waals surface area (Å²) in [6, 6.07) is 9.60. The number of fused-ring (bicyclic) bond motifs is 1. The molecule has 1 amide bonds. The Bertz CT molecular complexity index is 813. The van der Waals surface area contributed by atoms with Gasteiger partial charge in [-0.3, -0.25) is 9.59 Å². The van der Waals surface area contributed by atoms with Crippen molar-refractivity contribution in [2.75, 3.05) is 13.2 Å². The molecule has 1 aliphatic heterocycles. The van der Waals surface area contributed by atoms with Gasteiger partial charge >= 0.3 is 0 Å². The molecule has 2 heterocycles. The van der Waals surface area contributed by atoms with E-state index in [1.807, 2.05) is 32.0 Å². The summed E-state index contributed by atoms with van der Waals surface area (Å²) in [4.78, 5) is 24.0. The molecule has 3 rings (SSSR count). The van der Waals surface area contributed by atoms with Crippen molar-refractivity contribution in [2.24, 2.45) is 0 Å².